The van der Waals surface area contributed by atoms with E-state index in [2.05, 4.69) is 31.1 Å². The van der Waals surface area contributed by atoms with Crippen molar-refractivity contribution in [1.29, 1.82) is 0 Å². The van der Waals surface area contributed by atoms with Gasteiger partial charge < -0.3 is 0 Å². The summed E-state index contributed by atoms with van der Waals surface area (Å²) in [6.45, 7) is 11.1. The first-order valence-electron chi connectivity index (χ1n) is 8.92. The molecule has 1 aromatic carbocycles. The van der Waals surface area contributed by atoms with Crippen LogP contribution in [-0.2, 0) is 9.59 Å². The Morgan fingerprint density at radius 1 is 1.11 bits per heavy atom. The highest BCUT2D eigenvalue weighted by molar-refractivity contribution is 6.83. The van der Waals surface area contributed by atoms with Gasteiger partial charge >= 0.3 is 6.03 Å². The van der Waals surface area contributed by atoms with E-state index in [0.717, 1.165) is 10.5 Å². The Morgan fingerprint density at radius 2 is 1.70 bits per heavy atom. The van der Waals surface area contributed by atoms with E-state index in [1.54, 1.807) is 6.92 Å². The minimum absolute atomic E-state index is 0.164. The highest BCUT2D eigenvalue weighted by Crippen LogP contribution is 2.37. The highest BCUT2D eigenvalue weighted by Gasteiger charge is 2.42. The first kappa shape index (κ1) is 20.7. The lowest BCUT2D eigenvalue weighted by atomic mass is 9.90. The molecule has 1 aliphatic heterocycles. The normalized spacial score (nSPS) is 17.6. The van der Waals surface area contributed by atoms with Crippen molar-refractivity contribution in [2.24, 2.45) is 0 Å². The summed E-state index contributed by atoms with van der Waals surface area (Å²) in [5.74, 6) is 2.50. The van der Waals surface area contributed by atoms with Gasteiger partial charge in [-0.1, -0.05) is 55.9 Å². The van der Waals surface area contributed by atoms with Gasteiger partial charge in [0.1, 0.15) is 8.07 Å². The van der Waals surface area contributed by atoms with Crippen molar-refractivity contribution in [2.75, 3.05) is 6.54 Å². The Labute approximate surface area is 162 Å². The quantitative estimate of drug-likeness (QED) is 0.591. The number of hydrogen-bond acceptors (Lipinski definition) is 3. The number of ketones is 1. The summed E-state index contributed by atoms with van der Waals surface area (Å²) in [5, 5.41) is 0. The molecule has 0 saturated carbocycles. The van der Waals surface area contributed by atoms with Gasteiger partial charge in [0.25, 0.3) is 0 Å². The number of benzene rings is 1. The number of imide groups is 1. The zero-order valence-corrected chi connectivity index (χ0v) is 17.8. The van der Waals surface area contributed by atoms with Crippen LogP contribution in [0, 0.1) is 11.5 Å². The van der Waals surface area contributed by atoms with E-state index in [1.165, 1.54) is 18.7 Å². The van der Waals surface area contributed by atoms with Crippen molar-refractivity contribution in [2.45, 2.75) is 46.5 Å². The number of allylic oxidation sites excluding steroid dienone is 1. The highest BCUT2D eigenvalue weighted by atomic mass is 28.3. The van der Waals surface area contributed by atoms with Gasteiger partial charge in [0.2, 0.25) is 5.91 Å². The molecule has 0 saturated heterocycles. The molecule has 1 aliphatic rings. The zero-order valence-electron chi connectivity index (χ0n) is 16.8. The minimum atomic E-state index is -1.59. The Balaban J connectivity index is 2.61. The standard InChI is InChI=1S/C21H26N2O3Si/c1-15-19(16(2)24)20(18-11-8-7-9-12-18)23(17(3)25)21(26)22(15)13-10-14-27(4,5)6/h7-9,11-12,20H,13H2,1-6H3. The van der Waals surface area contributed by atoms with Crippen molar-refractivity contribution in [1.82, 2.24) is 9.80 Å². The van der Waals surface area contributed by atoms with Gasteiger partial charge in [-0.15, -0.1) is 5.54 Å². The van der Waals surface area contributed by atoms with Gasteiger partial charge in [-0.3, -0.25) is 19.4 Å². The van der Waals surface area contributed by atoms with Crippen molar-refractivity contribution in [3.63, 3.8) is 0 Å². The molecule has 1 atom stereocenters. The van der Waals surface area contributed by atoms with Crippen LogP contribution in [0.1, 0.15) is 32.4 Å². The van der Waals surface area contributed by atoms with E-state index in [-0.39, 0.29) is 12.3 Å². The SMILES string of the molecule is CC(=O)C1=C(C)N(CC#C[Si](C)(C)C)C(=O)N(C(C)=O)C1c1ccccc1. The summed E-state index contributed by atoms with van der Waals surface area (Å²) < 4.78 is 0. The Kier molecular flexibility index (Phi) is 6.07. The lowest BCUT2D eigenvalue weighted by Crippen LogP contribution is -2.52. The molecule has 0 bridgehead atoms. The Hall–Kier alpha value is -2.65. The fourth-order valence-electron chi connectivity index (χ4n) is 3.14. The number of carbonyl (C=O) groups is 3. The number of carbonyl (C=O) groups excluding carboxylic acids is 3. The van der Waals surface area contributed by atoms with Crippen LogP contribution >= 0.6 is 0 Å². The first-order valence-corrected chi connectivity index (χ1v) is 12.4. The Morgan fingerprint density at radius 3 is 2.19 bits per heavy atom. The third kappa shape index (κ3) is 4.55. The molecule has 6 heteroatoms. The third-order valence-corrected chi connectivity index (χ3v) is 5.22. The first-order chi connectivity index (χ1) is 12.5. The van der Waals surface area contributed by atoms with Gasteiger partial charge in [0.05, 0.1) is 12.6 Å². The van der Waals surface area contributed by atoms with Gasteiger partial charge in [-0.25, -0.2) is 4.79 Å². The van der Waals surface area contributed by atoms with E-state index in [4.69, 9.17) is 0 Å². The molecule has 0 radical (unpaired) electrons. The molecule has 1 unspecified atom stereocenters. The number of nitrogens with zero attached hydrogens (tertiary/aromatic N) is 2. The molecule has 3 amide bonds. The van der Waals surface area contributed by atoms with E-state index >= 15 is 0 Å². The maximum absolute atomic E-state index is 13.1. The number of Topliss-reactive ketones (excluding diaryl/α,β-unsaturated/α-hetero) is 1. The van der Waals surface area contributed by atoms with Crippen LogP contribution < -0.4 is 0 Å². The monoisotopic (exact) mass is 382 g/mol. The predicted octanol–water partition coefficient (Wildman–Crippen LogP) is 3.76. The zero-order chi connectivity index (χ0) is 20.4. The van der Waals surface area contributed by atoms with Gasteiger partial charge in [0, 0.05) is 18.2 Å². The lowest BCUT2D eigenvalue weighted by molar-refractivity contribution is -0.128. The summed E-state index contributed by atoms with van der Waals surface area (Å²) in [5.41, 5.74) is 4.97. The van der Waals surface area contributed by atoms with Crippen molar-refractivity contribution < 1.29 is 14.4 Å². The van der Waals surface area contributed by atoms with Gasteiger partial charge in [-0.2, -0.15) is 0 Å². The van der Waals surface area contributed by atoms with Crippen LogP contribution in [0.3, 0.4) is 0 Å². The topological polar surface area (TPSA) is 57.7 Å². The third-order valence-electron chi connectivity index (χ3n) is 4.30. The fraction of sp³-hybridized carbons (Fsp3) is 0.381. The molecule has 1 heterocycles. The molecule has 0 fully saturated rings. The van der Waals surface area contributed by atoms with Gasteiger partial charge in [-0.05, 0) is 19.4 Å². The smallest absolute Gasteiger partial charge is 0.295 e. The Bertz CT molecular complexity index is 857. The summed E-state index contributed by atoms with van der Waals surface area (Å²) in [6.07, 6.45) is 0. The van der Waals surface area contributed by atoms with Crippen LogP contribution in [0.2, 0.25) is 19.6 Å². The lowest BCUT2D eigenvalue weighted by Gasteiger charge is -2.41. The van der Waals surface area contributed by atoms with Crippen LogP contribution in [-0.4, -0.2) is 42.1 Å². The number of amides is 3. The maximum atomic E-state index is 13.1. The molecule has 2 rings (SSSR count). The second-order valence-corrected chi connectivity index (χ2v) is 12.4. The average Bonchev–Trinajstić information content (AvgIpc) is 2.56. The molecule has 0 N–H and O–H groups in total. The second kappa shape index (κ2) is 7.93. The number of rotatable bonds is 3. The van der Waals surface area contributed by atoms with Crippen LogP contribution in [0.25, 0.3) is 0 Å². The molecular weight excluding hydrogens is 356 g/mol. The number of hydrogen-bond donors (Lipinski definition) is 0. The van der Waals surface area contributed by atoms with Gasteiger partial charge in [0.15, 0.2) is 5.78 Å². The van der Waals surface area contributed by atoms with Crippen LogP contribution in [0.4, 0.5) is 4.79 Å². The molecule has 1 aromatic rings. The van der Waals surface area contributed by atoms with Crippen molar-refractivity contribution in [3.8, 4) is 11.5 Å². The molecule has 0 aromatic heterocycles. The molecule has 0 aliphatic carbocycles. The number of urea groups is 1. The fourth-order valence-corrected chi connectivity index (χ4v) is 3.75. The van der Waals surface area contributed by atoms with E-state index in [0.29, 0.717) is 11.3 Å². The molecule has 27 heavy (non-hydrogen) atoms. The van der Waals surface area contributed by atoms with E-state index in [9.17, 15) is 14.4 Å². The second-order valence-electron chi connectivity index (χ2n) is 7.68. The van der Waals surface area contributed by atoms with E-state index < -0.39 is 26.1 Å². The largest absolute Gasteiger partial charge is 0.332 e. The molecule has 142 valence electrons. The summed E-state index contributed by atoms with van der Waals surface area (Å²) in [4.78, 5) is 40.6. The molecule has 0 spiro atoms. The maximum Gasteiger partial charge on any atom is 0.332 e. The minimum Gasteiger partial charge on any atom is -0.295 e. The predicted molar refractivity (Wildman–Crippen MR) is 108 cm³/mol. The van der Waals surface area contributed by atoms with E-state index in [1.807, 2.05) is 30.3 Å². The summed E-state index contributed by atoms with van der Waals surface area (Å²) in [7, 11) is -1.59. The van der Waals surface area contributed by atoms with Crippen molar-refractivity contribution >= 4 is 25.8 Å². The summed E-state index contributed by atoms with van der Waals surface area (Å²) in [6, 6.07) is 8.01. The van der Waals surface area contributed by atoms with Crippen LogP contribution in [0.15, 0.2) is 41.6 Å². The summed E-state index contributed by atoms with van der Waals surface area (Å²) >= 11 is 0. The van der Waals surface area contributed by atoms with Crippen LogP contribution in [0.5, 0.6) is 0 Å². The molecular formula is C21H26N2O3Si. The van der Waals surface area contributed by atoms with Crippen molar-refractivity contribution in [3.05, 3.63) is 47.2 Å². The molecule has 5 nitrogen and oxygen atoms in total. The average molecular weight is 383 g/mol.